The third kappa shape index (κ3) is 4.24. The number of aryl methyl sites for hydroxylation is 1. The summed E-state index contributed by atoms with van der Waals surface area (Å²) >= 11 is 0. The summed E-state index contributed by atoms with van der Waals surface area (Å²) in [5, 5.41) is 5.83. The van der Waals surface area contributed by atoms with E-state index >= 15 is 0 Å². The van der Waals surface area contributed by atoms with Crippen molar-refractivity contribution in [3.63, 3.8) is 0 Å². The van der Waals surface area contributed by atoms with Crippen LogP contribution in [0.1, 0.15) is 25.7 Å². The van der Waals surface area contributed by atoms with E-state index in [0.717, 1.165) is 32.2 Å². The van der Waals surface area contributed by atoms with Crippen LogP contribution in [0.25, 0.3) is 0 Å². The maximum Gasteiger partial charge on any atom is 0.315 e. The molecule has 1 unspecified atom stereocenters. The van der Waals surface area contributed by atoms with Crippen LogP contribution in [0.3, 0.4) is 0 Å². The van der Waals surface area contributed by atoms with Crippen molar-refractivity contribution in [1.29, 1.82) is 0 Å². The maximum atomic E-state index is 11.6. The van der Waals surface area contributed by atoms with E-state index in [1.807, 2.05) is 10.8 Å². The van der Waals surface area contributed by atoms with Gasteiger partial charge in [-0.3, -0.25) is 0 Å². The minimum absolute atomic E-state index is 0.0721. The van der Waals surface area contributed by atoms with Gasteiger partial charge in [0, 0.05) is 31.5 Å². The molecule has 2 amide bonds. The normalized spacial score (nSPS) is 18.6. The molecular formula is C13H20N4O. The van der Waals surface area contributed by atoms with Crippen LogP contribution in [-0.4, -0.2) is 28.2 Å². The molecule has 2 rings (SSSR count). The van der Waals surface area contributed by atoms with Gasteiger partial charge in [-0.2, -0.15) is 0 Å². The highest BCUT2D eigenvalue weighted by Crippen LogP contribution is 2.09. The molecule has 0 aromatic carbocycles. The Balaban J connectivity index is 1.57. The summed E-state index contributed by atoms with van der Waals surface area (Å²) in [6, 6.07) is 0.129. The fraction of sp³-hybridized carbons (Fsp3) is 0.538. The minimum atomic E-state index is -0.0721. The molecule has 0 fully saturated rings. The largest absolute Gasteiger partial charge is 0.338 e. The van der Waals surface area contributed by atoms with Gasteiger partial charge in [-0.05, 0) is 25.7 Å². The molecule has 5 heteroatoms. The fourth-order valence-electron chi connectivity index (χ4n) is 2.03. The van der Waals surface area contributed by atoms with E-state index in [-0.39, 0.29) is 12.1 Å². The van der Waals surface area contributed by atoms with Crippen LogP contribution in [0.2, 0.25) is 0 Å². The van der Waals surface area contributed by atoms with Crippen LogP contribution >= 0.6 is 0 Å². The van der Waals surface area contributed by atoms with Crippen molar-refractivity contribution in [3.05, 3.63) is 30.9 Å². The summed E-state index contributed by atoms with van der Waals surface area (Å²) in [5.74, 6) is 0. The molecule has 0 spiro atoms. The van der Waals surface area contributed by atoms with E-state index in [1.165, 1.54) is 0 Å². The summed E-state index contributed by atoms with van der Waals surface area (Å²) in [7, 11) is 0. The zero-order valence-corrected chi connectivity index (χ0v) is 10.5. The van der Waals surface area contributed by atoms with Crippen molar-refractivity contribution >= 4 is 6.03 Å². The Morgan fingerprint density at radius 1 is 1.50 bits per heavy atom. The number of aromatic nitrogens is 2. The molecule has 98 valence electrons. The maximum absolute atomic E-state index is 11.6. The van der Waals surface area contributed by atoms with Crippen molar-refractivity contribution in [2.75, 3.05) is 6.54 Å². The quantitative estimate of drug-likeness (QED) is 0.615. The first-order chi connectivity index (χ1) is 8.84. The molecule has 0 saturated heterocycles. The van der Waals surface area contributed by atoms with Gasteiger partial charge in [-0.1, -0.05) is 12.2 Å². The van der Waals surface area contributed by atoms with Crippen molar-refractivity contribution in [3.8, 4) is 0 Å². The van der Waals surface area contributed by atoms with Crippen LogP contribution < -0.4 is 10.6 Å². The van der Waals surface area contributed by atoms with Crippen LogP contribution in [0, 0.1) is 0 Å². The van der Waals surface area contributed by atoms with Gasteiger partial charge in [0.2, 0.25) is 0 Å². The molecule has 5 nitrogen and oxygen atoms in total. The Morgan fingerprint density at radius 2 is 2.44 bits per heavy atom. The SMILES string of the molecule is O=C(NCCCn1ccnc1)NC1C=CCCC1. The van der Waals surface area contributed by atoms with Gasteiger partial charge < -0.3 is 15.2 Å². The minimum Gasteiger partial charge on any atom is -0.338 e. The second-order valence-corrected chi connectivity index (χ2v) is 4.52. The molecule has 0 saturated carbocycles. The highest BCUT2D eigenvalue weighted by atomic mass is 16.2. The third-order valence-corrected chi connectivity index (χ3v) is 3.01. The number of amides is 2. The summed E-state index contributed by atoms with van der Waals surface area (Å²) in [6.07, 6.45) is 13.9. The lowest BCUT2D eigenvalue weighted by Gasteiger charge is -2.18. The Labute approximate surface area is 107 Å². The van der Waals surface area contributed by atoms with Gasteiger partial charge in [0.25, 0.3) is 0 Å². The molecular weight excluding hydrogens is 228 g/mol. The average molecular weight is 248 g/mol. The smallest absolute Gasteiger partial charge is 0.315 e. The number of nitrogens with one attached hydrogen (secondary N) is 2. The van der Waals surface area contributed by atoms with Crippen LogP contribution in [-0.2, 0) is 6.54 Å². The predicted octanol–water partition coefficient (Wildman–Crippen LogP) is 1.68. The first-order valence-electron chi connectivity index (χ1n) is 6.51. The van der Waals surface area contributed by atoms with Gasteiger partial charge >= 0.3 is 6.03 Å². The highest BCUT2D eigenvalue weighted by molar-refractivity contribution is 5.74. The Hall–Kier alpha value is -1.78. The second-order valence-electron chi connectivity index (χ2n) is 4.52. The zero-order valence-electron chi connectivity index (χ0n) is 10.5. The topological polar surface area (TPSA) is 59.0 Å². The fourth-order valence-corrected chi connectivity index (χ4v) is 2.03. The molecule has 1 atom stereocenters. The number of hydrogen-bond acceptors (Lipinski definition) is 2. The van der Waals surface area contributed by atoms with Gasteiger partial charge in [-0.25, -0.2) is 9.78 Å². The molecule has 1 aromatic rings. The number of carbonyl (C=O) groups is 1. The van der Waals surface area contributed by atoms with Crippen molar-refractivity contribution < 1.29 is 4.79 Å². The molecule has 1 aliphatic rings. The van der Waals surface area contributed by atoms with Gasteiger partial charge in [-0.15, -0.1) is 0 Å². The molecule has 0 aliphatic heterocycles. The van der Waals surface area contributed by atoms with Crippen molar-refractivity contribution in [2.24, 2.45) is 0 Å². The highest BCUT2D eigenvalue weighted by Gasteiger charge is 2.10. The number of urea groups is 1. The van der Waals surface area contributed by atoms with Crippen LogP contribution in [0.4, 0.5) is 4.79 Å². The Morgan fingerprint density at radius 3 is 3.17 bits per heavy atom. The van der Waals surface area contributed by atoms with Gasteiger partial charge in [0.05, 0.1) is 6.33 Å². The van der Waals surface area contributed by atoms with E-state index < -0.39 is 0 Å². The zero-order chi connectivity index (χ0) is 12.6. The summed E-state index contributed by atoms with van der Waals surface area (Å²) in [6.45, 7) is 1.56. The molecule has 1 aliphatic carbocycles. The lowest BCUT2D eigenvalue weighted by atomic mass is 10.0. The van der Waals surface area contributed by atoms with E-state index in [9.17, 15) is 4.79 Å². The summed E-state index contributed by atoms with van der Waals surface area (Å²) in [5.41, 5.74) is 0. The van der Waals surface area contributed by atoms with Crippen molar-refractivity contribution in [1.82, 2.24) is 20.2 Å². The second kappa shape index (κ2) is 6.83. The van der Waals surface area contributed by atoms with Crippen LogP contribution in [0.5, 0.6) is 0 Å². The summed E-state index contributed by atoms with van der Waals surface area (Å²) in [4.78, 5) is 15.6. The van der Waals surface area contributed by atoms with Gasteiger partial charge in [0.1, 0.15) is 0 Å². The van der Waals surface area contributed by atoms with E-state index in [0.29, 0.717) is 6.54 Å². The number of hydrogen-bond donors (Lipinski definition) is 2. The van der Waals surface area contributed by atoms with E-state index in [1.54, 1.807) is 12.5 Å². The molecule has 0 radical (unpaired) electrons. The van der Waals surface area contributed by atoms with E-state index in [4.69, 9.17) is 0 Å². The number of carbonyl (C=O) groups excluding carboxylic acids is 1. The molecule has 18 heavy (non-hydrogen) atoms. The number of allylic oxidation sites excluding steroid dienone is 1. The first kappa shape index (κ1) is 12.7. The Bertz CT molecular complexity index is 386. The first-order valence-corrected chi connectivity index (χ1v) is 6.51. The monoisotopic (exact) mass is 248 g/mol. The van der Waals surface area contributed by atoms with Gasteiger partial charge in [0.15, 0.2) is 0 Å². The van der Waals surface area contributed by atoms with E-state index in [2.05, 4.69) is 27.8 Å². The molecule has 2 N–H and O–H groups in total. The molecule has 0 bridgehead atoms. The average Bonchev–Trinajstić information content (AvgIpc) is 2.89. The van der Waals surface area contributed by atoms with Crippen molar-refractivity contribution in [2.45, 2.75) is 38.3 Å². The summed E-state index contributed by atoms with van der Waals surface area (Å²) < 4.78 is 2.00. The number of imidazole rings is 1. The lowest BCUT2D eigenvalue weighted by molar-refractivity contribution is 0.237. The third-order valence-electron chi connectivity index (χ3n) is 3.01. The number of nitrogens with zero attached hydrogens (tertiary/aromatic N) is 2. The van der Waals surface area contributed by atoms with Crippen LogP contribution in [0.15, 0.2) is 30.9 Å². The predicted molar refractivity (Wildman–Crippen MR) is 70.2 cm³/mol. The lowest BCUT2D eigenvalue weighted by Crippen LogP contribution is -2.42. The number of rotatable bonds is 5. The molecule has 1 aromatic heterocycles. The Kier molecular flexibility index (Phi) is 4.81. The standard InChI is InChI=1S/C13H20N4O/c18-13(16-12-5-2-1-3-6-12)15-7-4-9-17-10-8-14-11-17/h2,5,8,10-12H,1,3-4,6-7,9H2,(H2,15,16,18). The molecule has 1 heterocycles.